The smallest absolute Gasteiger partial charge is 0.328 e. The Morgan fingerprint density at radius 3 is 2.62 bits per heavy atom. The summed E-state index contributed by atoms with van der Waals surface area (Å²) in [7, 11) is 0. The molecule has 1 aliphatic carbocycles. The minimum absolute atomic E-state index is 0.00482. The number of carbonyl (C=O) groups excluding carboxylic acids is 1. The van der Waals surface area contributed by atoms with Gasteiger partial charge in [-0.3, -0.25) is 4.79 Å². The molecule has 0 radical (unpaired) electrons. The van der Waals surface area contributed by atoms with Crippen LogP contribution < -0.4 is 5.32 Å². The fourth-order valence-corrected chi connectivity index (χ4v) is 3.26. The molecule has 1 aromatic carbocycles. The first-order valence-corrected chi connectivity index (χ1v) is 7.55. The third-order valence-electron chi connectivity index (χ3n) is 4.36. The molecular formula is C16H13F3N4O. The number of fused-ring (bicyclic) bond motifs is 1. The molecule has 8 heteroatoms. The second kappa shape index (κ2) is 5.19. The van der Waals surface area contributed by atoms with Crippen molar-refractivity contribution in [3.8, 4) is 0 Å². The summed E-state index contributed by atoms with van der Waals surface area (Å²) in [5, 5.41) is 7.26. The summed E-state index contributed by atoms with van der Waals surface area (Å²) < 4.78 is 39.9. The Morgan fingerprint density at radius 1 is 1.17 bits per heavy atom. The lowest BCUT2D eigenvalue weighted by Crippen LogP contribution is -2.31. The van der Waals surface area contributed by atoms with Gasteiger partial charge in [0, 0.05) is 17.7 Å². The fraction of sp³-hybridized carbons (Fsp3) is 0.312. The van der Waals surface area contributed by atoms with E-state index in [2.05, 4.69) is 15.4 Å². The predicted molar refractivity (Wildman–Crippen MR) is 79.1 cm³/mol. The zero-order chi connectivity index (χ0) is 16.9. The van der Waals surface area contributed by atoms with Gasteiger partial charge in [-0.25, -0.2) is 4.68 Å². The highest BCUT2D eigenvalue weighted by Crippen LogP contribution is 2.40. The van der Waals surface area contributed by atoms with Crippen molar-refractivity contribution < 1.29 is 18.0 Å². The number of nitrogens with zero attached hydrogens (tertiary/aromatic N) is 3. The Morgan fingerprint density at radius 2 is 1.92 bits per heavy atom. The summed E-state index contributed by atoms with van der Waals surface area (Å²) in [4.78, 5) is 16.6. The molecule has 1 aromatic heterocycles. The van der Waals surface area contributed by atoms with Crippen LogP contribution in [0.3, 0.4) is 0 Å². The van der Waals surface area contributed by atoms with Crippen molar-refractivity contribution in [3.05, 3.63) is 53.0 Å². The maximum atomic E-state index is 12.8. The number of halogens is 3. The zero-order valence-corrected chi connectivity index (χ0v) is 12.5. The van der Waals surface area contributed by atoms with Gasteiger partial charge in [0.2, 0.25) is 5.95 Å². The van der Waals surface area contributed by atoms with Crippen molar-refractivity contribution in [3.63, 3.8) is 0 Å². The summed E-state index contributed by atoms with van der Waals surface area (Å²) >= 11 is 0. The number of anilines is 1. The summed E-state index contributed by atoms with van der Waals surface area (Å²) in [6.45, 7) is 0. The van der Waals surface area contributed by atoms with Crippen LogP contribution in [0.2, 0.25) is 0 Å². The van der Waals surface area contributed by atoms with Gasteiger partial charge in [0.05, 0.1) is 5.56 Å². The Hall–Kier alpha value is -2.64. The third kappa shape index (κ3) is 2.29. The standard InChI is InChI=1S/C16H13F3N4O/c17-16(18,19)10-6-4-9(5-7-10)14-13-11(2-1-3-12(13)24)22-15-20-8-21-23(14)15/h4-8,14H,1-3H2,(H,20,21,22). The second-order valence-electron chi connectivity index (χ2n) is 5.84. The highest BCUT2D eigenvalue weighted by Gasteiger charge is 2.37. The van der Waals surface area contributed by atoms with E-state index in [9.17, 15) is 18.0 Å². The van der Waals surface area contributed by atoms with Gasteiger partial charge in [0.25, 0.3) is 0 Å². The second-order valence-corrected chi connectivity index (χ2v) is 5.84. The van der Waals surface area contributed by atoms with Crippen molar-refractivity contribution in [1.82, 2.24) is 14.8 Å². The highest BCUT2D eigenvalue weighted by molar-refractivity contribution is 5.99. The molecule has 4 rings (SSSR count). The van der Waals surface area contributed by atoms with E-state index in [1.165, 1.54) is 18.5 Å². The Balaban J connectivity index is 1.83. The van der Waals surface area contributed by atoms with Crippen molar-refractivity contribution in [2.75, 3.05) is 5.32 Å². The molecular weight excluding hydrogens is 321 g/mol. The predicted octanol–water partition coefficient (Wildman–Crippen LogP) is 3.32. The quantitative estimate of drug-likeness (QED) is 0.869. The van der Waals surface area contributed by atoms with Crippen LogP contribution >= 0.6 is 0 Å². The first-order chi connectivity index (χ1) is 11.4. The molecule has 1 atom stereocenters. The van der Waals surface area contributed by atoms with Crippen molar-refractivity contribution >= 4 is 11.7 Å². The monoisotopic (exact) mass is 334 g/mol. The molecule has 0 bridgehead atoms. The summed E-state index contributed by atoms with van der Waals surface area (Å²) in [5.41, 5.74) is 1.22. The first kappa shape index (κ1) is 14.9. The minimum Gasteiger partial charge on any atom is -0.328 e. The maximum absolute atomic E-state index is 12.8. The van der Waals surface area contributed by atoms with E-state index < -0.39 is 17.8 Å². The van der Waals surface area contributed by atoms with E-state index >= 15 is 0 Å². The number of nitrogens with one attached hydrogen (secondary N) is 1. The minimum atomic E-state index is -4.39. The number of hydrogen-bond donors (Lipinski definition) is 1. The molecule has 0 spiro atoms. The van der Waals surface area contributed by atoms with E-state index in [-0.39, 0.29) is 5.78 Å². The number of carbonyl (C=O) groups is 1. The summed E-state index contributed by atoms with van der Waals surface area (Å²) in [6, 6.07) is 4.31. The average Bonchev–Trinajstić information content (AvgIpc) is 3.00. The van der Waals surface area contributed by atoms with E-state index in [0.717, 1.165) is 24.3 Å². The molecule has 124 valence electrons. The van der Waals surface area contributed by atoms with E-state index in [0.29, 0.717) is 29.9 Å². The molecule has 0 amide bonds. The lowest BCUT2D eigenvalue weighted by molar-refractivity contribution is -0.137. The molecule has 5 nitrogen and oxygen atoms in total. The molecule has 2 heterocycles. The molecule has 2 aromatic rings. The Kier molecular flexibility index (Phi) is 3.22. The molecule has 0 saturated carbocycles. The van der Waals surface area contributed by atoms with Crippen LogP contribution in [0.15, 0.2) is 41.9 Å². The molecule has 0 saturated heterocycles. The van der Waals surface area contributed by atoms with Crippen molar-refractivity contribution in [2.24, 2.45) is 0 Å². The van der Waals surface area contributed by atoms with Crippen LogP contribution in [0.25, 0.3) is 0 Å². The number of rotatable bonds is 1. The largest absolute Gasteiger partial charge is 0.416 e. The van der Waals surface area contributed by atoms with Crippen LogP contribution in [-0.2, 0) is 11.0 Å². The highest BCUT2D eigenvalue weighted by atomic mass is 19.4. The summed E-state index contributed by atoms with van der Waals surface area (Å²) in [5.74, 6) is 0.489. The Bertz CT molecular complexity index is 836. The topological polar surface area (TPSA) is 59.8 Å². The number of allylic oxidation sites excluding steroid dienone is 2. The van der Waals surface area contributed by atoms with Gasteiger partial charge in [-0.15, -0.1) is 0 Å². The van der Waals surface area contributed by atoms with Gasteiger partial charge in [-0.2, -0.15) is 23.3 Å². The summed E-state index contributed by atoms with van der Waals surface area (Å²) in [6.07, 6.45) is -1.14. The van der Waals surface area contributed by atoms with Gasteiger partial charge in [0.1, 0.15) is 12.4 Å². The number of benzene rings is 1. The number of alkyl halides is 3. The Labute approximate surface area is 135 Å². The normalized spacial score (nSPS) is 20.5. The third-order valence-corrected chi connectivity index (χ3v) is 4.36. The first-order valence-electron chi connectivity index (χ1n) is 7.55. The molecule has 1 N–H and O–H groups in total. The number of hydrogen-bond acceptors (Lipinski definition) is 4. The van der Waals surface area contributed by atoms with Gasteiger partial charge >= 0.3 is 6.18 Å². The van der Waals surface area contributed by atoms with Crippen LogP contribution in [0.1, 0.15) is 36.4 Å². The van der Waals surface area contributed by atoms with Crippen molar-refractivity contribution in [2.45, 2.75) is 31.5 Å². The van der Waals surface area contributed by atoms with Crippen LogP contribution in [0, 0.1) is 0 Å². The van der Waals surface area contributed by atoms with Crippen LogP contribution in [0.4, 0.5) is 19.1 Å². The van der Waals surface area contributed by atoms with Crippen molar-refractivity contribution in [1.29, 1.82) is 0 Å². The number of aromatic nitrogens is 3. The molecule has 24 heavy (non-hydrogen) atoms. The molecule has 0 fully saturated rings. The van der Waals surface area contributed by atoms with Gasteiger partial charge in [0.15, 0.2) is 5.78 Å². The van der Waals surface area contributed by atoms with Crippen LogP contribution in [0.5, 0.6) is 0 Å². The lowest BCUT2D eigenvalue weighted by atomic mass is 9.85. The van der Waals surface area contributed by atoms with E-state index in [1.807, 2.05) is 0 Å². The molecule has 2 aliphatic rings. The number of ketones is 1. The van der Waals surface area contributed by atoms with E-state index in [4.69, 9.17) is 0 Å². The average molecular weight is 334 g/mol. The lowest BCUT2D eigenvalue weighted by Gasteiger charge is -2.32. The SMILES string of the molecule is O=C1CCCC2=C1C(c1ccc(C(F)(F)F)cc1)n1ncnc1N2. The maximum Gasteiger partial charge on any atom is 0.416 e. The van der Waals surface area contributed by atoms with Gasteiger partial charge in [-0.1, -0.05) is 12.1 Å². The van der Waals surface area contributed by atoms with Crippen LogP contribution in [-0.4, -0.2) is 20.5 Å². The fourth-order valence-electron chi connectivity index (χ4n) is 3.26. The van der Waals surface area contributed by atoms with Gasteiger partial charge in [-0.05, 0) is 30.5 Å². The number of Topliss-reactive ketones (excluding diaryl/α,β-unsaturated/α-hetero) is 1. The van der Waals surface area contributed by atoms with E-state index in [1.54, 1.807) is 4.68 Å². The zero-order valence-electron chi connectivity index (χ0n) is 12.5. The molecule has 1 aliphatic heterocycles. The van der Waals surface area contributed by atoms with Gasteiger partial charge < -0.3 is 5.32 Å². The molecule has 1 unspecified atom stereocenters.